The van der Waals surface area contributed by atoms with Crippen LogP contribution < -0.4 is 0 Å². The summed E-state index contributed by atoms with van der Waals surface area (Å²) in [6, 6.07) is 5.99. The number of fused-ring (bicyclic) bond motifs is 1. The summed E-state index contributed by atoms with van der Waals surface area (Å²) in [7, 11) is 0. The Balaban J connectivity index is 2.89. The topological polar surface area (TPSA) is 25.8 Å². The lowest BCUT2D eigenvalue weighted by Gasteiger charge is -2.03. The number of benzene rings is 1. The summed E-state index contributed by atoms with van der Waals surface area (Å²) in [6.45, 7) is 7.80. The van der Waals surface area contributed by atoms with Crippen molar-refractivity contribution in [3.63, 3.8) is 0 Å². The minimum Gasteiger partial charge on any atom is -0.249 e. The van der Waals surface area contributed by atoms with Gasteiger partial charge in [0.25, 0.3) is 0 Å². The number of aryl methyl sites for hydroxylation is 2. The number of hydrogen-bond acceptors (Lipinski definition) is 2. The molecule has 65 valence electrons. The molecular formula is C11H11N2. The van der Waals surface area contributed by atoms with Crippen LogP contribution in [0.1, 0.15) is 17.0 Å². The first-order valence-electron chi connectivity index (χ1n) is 4.24. The zero-order chi connectivity index (χ0) is 9.42. The van der Waals surface area contributed by atoms with Crippen molar-refractivity contribution in [1.82, 2.24) is 9.97 Å². The van der Waals surface area contributed by atoms with E-state index >= 15 is 0 Å². The molecule has 0 atom stereocenters. The van der Waals surface area contributed by atoms with E-state index in [9.17, 15) is 0 Å². The lowest BCUT2D eigenvalue weighted by atomic mass is 10.2. The molecule has 2 nitrogen and oxygen atoms in total. The molecule has 2 aromatic rings. The highest BCUT2D eigenvalue weighted by Crippen LogP contribution is 2.15. The van der Waals surface area contributed by atoms with Gasteiger partial charge in [0.2, 0.25) is 0 Å². The normalized spacial score (nSPS) is 10.7. The van der Waals surface area contributed by atoms with Gasteiger partial charge in [-0.2, -0.15) is 0 Å². The van der Waals surface area contributed by atoms with E-state index in [4.69, 9.17) is 0 Å². The molecule has 0 saturated carbocycles. The van der Waals surface area contributed by atoms with Crippen molar-refractivity contribution in [1.29, 1.82) is 0 Å². The van der Waals surface area contributed by atoms with Crippen LogP contribution in [0.25, 0.3) is 11.0 Å². The minimum atomic E-state index is 0.762. The molecule has 2 heteroatoms. The summed E-state index contributed by atoms with van der Waals surface area (Å²) in [5.41, 5.74) is 4.73. The van der Waals surface area contributed by atoms with E-state index in [-0.39, 0.29) is 0 Å². The van der Waals surface area contributed by atoms with Crippen molar-refractivity contribution in [3.8, 4) is 0 Å². The van der Waals surface area contributed by atoms with Gasteiger partial charge in [0.1, 0.15) is 0 Å². The Labute approximate surface area is 77.6 Å². The van der Waals surface area contributed by atoms with Gasteiger partial charge in [-0.25, -0.2) is 9.97 Å². The highest BCUT2D eigenvalue weighted by atomic mass is 14.8. The van der Waals surface area contributed by atoms with E-state index in [1.807, 2.05) is 32.0 Å². The molecular weight excluding hydrogens is 160 g/mol. The third kappa shape index (κ3) is 1.28. The summed E-state index contributed by atoms with van der Waals surface area (Å²) >= 11 is 0. The minimum absolute atomic E-state index is 0.762. The lowest BCUT2D eigenvalue weighted by Crippen LogP contribution is -1.94. The van der Waals surface area contributed by atoms with E-state index < -0.39 is 0 Å². The molecule has 1 aromatic carbocycles. The number of nitrogens with zero attached hydrogens (tertiary/aromatic N) is 2. The molecule has 13 heavy (non-hydrogen) atoms. The van der Waals surface area contributed by atoms with Gasteiger partial charge in [-0.1, -0.05) is 12.1 Å². The van der Waals surface area contributed by atoms with Gasteiger partial charge in [0, 0.05) is 0 Å². The first-order chi connectivity index (χ1) is 6.18. The standard InChI is InChI=1S/C11H11N2/c1-7-5-4-6-10-11(7)13-9(3)8(2)12-10/h4-6H,2H2,1,3H3. The van der Waals surface area contributed by atoms with Gasteiger partial charge >= 0.3 is 0 Å². The van der Waals surface area contributed by atoms with Gasteiger partial charge in [-0.05, 0) is 32.4 Å². The van der Waals surface area contributed by atoms with Crippen LogP contribution in [0.4, 0.5) is 0 Å². The molecule has 1 radical (unpaired) electrons. The van der Waals surface area contributed by atoms with Gasteiger partial charge in [0.15, 0.2) is 0 Å². The molecule has 1 aromatic heterocycles. The van der Waals surface area contributed by atoms with Crippen molar-refractivity contribution in [2.45, 2.75) is 13.8 Å². The predicted octanol–water partition coefficient (Wildman–Crippen LogP) is 2.43. The molecule has 0 amide bonds. The van der Waals surface area contributed by atoms with E-state index in [1.165, 1.54) is 0 Å². The third-order valence-electron chi connectivity index (χ3n) is 2.17. The number of para-hydroxylation sites is 1. The molecule has 0 fully saturated rings. The van der Waals surface area contributed by atoms with E-state index in [0.717, 1.165) is 28.0 Å². The molecule has 0 aliphatic rings. The first kappa shape index (κ1) is 8.17. The van der Waals surface area contributed by atoms with Crippen LogP contribution in [0, 0.1) is 20.8 Å². The number of hydrogen-bond donors (Lipinski definition) is 0. The summed E-state index contributed by atoms with van der Waals surface area (Å²) in [4.78, 5) is 8.81. The molecule has 0 saturated heterocycles. The maximum atomic E-state index is 4.45. The quantitative estimate of drug-likeness (QED) is 0.608. The second-order valence-electron chi connectivity index (χ2n) is 3.20. The zero-order valence-electron chi connectivity index (χ0n) is 7.83. The number of aromatic nitrogens is 2. The molecule has 2 rings (SSSR count). The molecule has 0 unspecified atom stereocenters. The highest BCUT2D eigenvalue weighted by molar-refractivity contribution is 5.78. The second-order valence-corrected chi connectivity index (χ2v) is 3.20. The fourth-order valence-corrected chi connectivity index (χ4v) is 1.34. The maximum absolute atomic E-state index is 4.45. The van der Waals surface area contributed by atoms with Gasteiger partial charge in [-0.15, -0.1) is 0 Å². The molecule has 0 bridgehead atoms. The molecule has 0 N–H and O–H groups in total. The Hall–Kier alpha value is -1.44. The fraction of sp³-hybridized carbons (Fsp3) is 0.182. The number of rotatable bonds is 0. The van der Waals surface area contributed by atoms with Crippen LogP contribution in [-0.4, -0.2) is 9.97 Å². The van der Waals surface area contributed by atoms with Crippen LogP contribution in [0.3, 0.4) is 0 Å². The Morgan fingerprint density at radius 3 is 2.69 bits per heavy atom. The smallest absolute Gasteiger partial charge is 0.0919 e. The molecule has 0 spiro atoms. The first-order valence-corrected chi connectivity index (χ1v) is 4.24. The highest BCUT2D eigenvalue weighted by Gasteiger charge is 2.02. The average Bonchev–Trinajstić information content (AvgIpc) is 2.09. The van der Waals surface area contributed by atoms with E-state index in [2.05, 4.69) is 16.9 Å². The van der Waals surface area contributed by atoms with Crippen molar-refractivity contribution in [2.24, 2.45) is 0 Å². The van der Waals surface area contributed by atoms with Crippen molar-refractivity contribution < 1.29 is 0 Å². The van der Waals surface area contributed by atoms with E-state index in [0.29, 0.717) is 0 Å². The Bertz CT molecular complexity index is 461. The van der Waals surface area contributed by atoms with Crippen LogP contribution in [0.5, 0.6) is 0 Å². The Morgan fingerprint density at radius 2 is 1.92 bits per heavy atom. The van der Waals surface area contributed by atoms with Crippen LogP contribution >= 0.6 is 0 Å². The molecule has 0 aliphatic heterocycles. The summed E-state index contributed by atoms with van der Waals surface area (Å²) in [6.07, 6.45) is 0. The average molecular weight is 171 g/mol. The van der Waals surface area contributed by atoms with E-state index in [1.54, 1.807) is 0 Å². The Kier molecular flexibility index (Phi) is 1.76. The summed E-state index contributed by atoms with van der Waals surface area (Å²) in [5, 5.41) is 0. The van der Waals surface area contributed by atoms with Gasteiger partial charge < -0.3 is 0 Å². The van der Waals surface area contributed by atoms with Crippen molar-refractivity contribution >= 4 is 11.0 Å². The largest absolute Gasteiger partial charge is 0.249 e. The maximum Gasteiger partial charge on any atom is 0.0919 e. The second kappa shape index (κ2) is 2.80. The summed E-state index contributed by atoms with van der Waals surface area (Å²) in [5.74, 6) is 0. The van der Waals surface area contributed by atoms with Crippen molar-refractivity contribution in [3.05, 3.63) is 42.1 Å². The SMILES string of the molecule is [CH2]c1nc2cccc(C)c2nc1C. The third-order valence-corrected chi connectivity index (χ3v) is 2.17. The van der Waals surface area contributed by atoms with Crippen LogP contribution in [0.15, 0.2) is 18.2 Å². The monoisotopic (exact) mass is 171 g/mol. The summed E-state index contributed by atoms with van der Waals surface area (Å²) < 4.78 is 0. The van der Waals surface area contributed by atoms with Gasteiger partial charge in [0.05, 0.1) is 22.4 Å². The fourth-order valence-electron chi connectivity index (χ4n) is 1.34. The predicted molar refractivity (Wildman–Crippen MR) is 53.5 cm³/mol. The molecule has 1 heterocycles. The van der Waals surface area contributed by atoms with Crippen LogP contribution in [0.2, 0.25) is 0 Å². The zero-order valence-corrected chi connectivity index (χ0v) is 7.83. The lowest BCUT2D eigenvalue weighted by molar-refractivity contribution is 1.14. The van der Waals surface area contributed by atoms with Crippen molar-refractivity contribution in [2.75, 3.05) is 0 Å². The Morgan fingerprint density at radius 1 is 1.15 bits per heavy atom. The molecule has 0 aliphatic carbocycles. The van der Waals surface area contributed by atoms with Gasteiger partial charge in [-0.3, -0.25) is 0 Å². The van der Waals surface area contributed by atoms with Crippen LogP contribution in [-0.2, 0) is 0 Å².